The van der Waals surface area contributed by atoms with Crippen molar-refractivity contribution in [3.63, 3.8) is 0 Å². The number of benzene rings is 2. The number of Topliss-reactive ketones (excluding diaryl/α,β-unsaturated/α-hetero) is 1. The summed E-state index contributed by atoms with van der Waals surface area (Å²) in [6, 6.07) is 20.0. The molecule has 1 heterocycles. The van der Waals surface area contributed by atoms with Crippen LogP contribution in [0, 0.1) is 0 Å². The Bertz CT molecular complexity index is 1020. The summed E-state index contributed by atoms with van der Waals surface area (Å²) in [6.07, 6.45) is 1.41. The molecule has 152 valence electrons. The molecule has 7 nitrogen and oxygen atoms in total. The van der Waals surface area contributed by atoms with Gasteiger partial charge in [0, 0.05) is 17.8 Å². The summed E-state index contributed by atoms with van der Waals surface area (Å²) in [5, 5.41) is 8.62. The van der Waals surface area contributed by atoms with E-state index in [9.17, 15) is 14.4 Å². The van der Waals surface area contributed by atoms with Gasteiger partial charge in [-0.2, -0.15) is 0 Å². The molecule has 3 rings (SSSR count). The molecule has 0 aliphatic heterocycles. The molecular weight excluding hydrogens is 380 g/mol. The van der Waals surface area contributed by atoms with E-state index >= 15 is 0 Å². The van der Waals surface area contributed by atoms with E-state index in [0.717, 1.165) is 5.56 Å². The van der Waals surface area contributed by atoms with Crippen molar-refractivity contribution >= 4 is 34.8 Å². The summed E-state index contributed by atoms with van der Waals surface area (Å²) in [5.74, 6) is -0.170. The molecule has 1 aromatic heterocycles. The zero-order valence-corrected chi connectivity index (χ0v) is 16.5. The van der Waals surface area contributed by atoms with Crippen molar-refractivity contribution in [2.24, 2.45) is 0 Å². The van der Waals surface area contributed by atoms with Gasteiger partial charge in [-0.05, 0) is 48.9 Å². The Morgan fingerprint density at radius 1 is 0.833 bits per heavy atom. The maximum absolute atomic E-state index is 12.4. The van der Waals surface area contributed by atoms with E-state index in [1.807, 2.05) is 30.3 Å². The number of nitrogens with one attached hydrogen (secondary N) is 3. The second-order valence-electron chi connectivity index (χ2n) is 6.73. The second-order valence-corrected chi connectivity index (χ2v) is 6.73. The van der Waals surface area contributed by atoms with Crippen molar-refractivity contribution in [1.29, 1.82) is 0 Å². The third-order valence-corrected chi connectivity index (χ3v) is 4.18. The molecule has 0 aliphatic rings. The molecule has 0 fully saturated rings. The molecule has 0 radical (unpaired) electrons. The van der Waals surface area contributed by atoms with Crippen LogP contribution < -0.4 is 16.0 Å². The zero-order chi connectivity index (χ0) is 21.3. The lowest BCUT2D eigenvalue weighted by Crippen LogP contribution is -2.15. The summed E-state index contributed by atoms with van der Waals surface area (Å²) < 4.78 is 0. The summed E-state index contributed by atoms with van der Waals surface area (Å²) in [4.78, 5) is 39.3. The van der Waals surface area contributed by atoms with Gasteiger partial charge in [-0.15, -0.1) is 0 Å². The van der Waals surface area contributed by atoms with Gasteiger partial charge in [0.2, 0.25) is 5.91 Å². The van der Waals surface area contributed by atoms with Gasteiger partial charge >= 0.3 is 0 Å². The van der Waals surface area contributed by atoms with E-state index in [2.05, 4.69) is 20.9 Å². The molecule has 30 heavy (non-hydrogen) atoms. The molecule has 0 spiro atoms. The van der Waals surface area contributed by atoms with Gasteiger partial charge < -0.3 is 16.0 Å². The Morgan fingerprint density at radius 2 is 1.53 bits per heavy atom. The van der Waals surface area contributed by atoms with Gasteiger partial charge in [-0.25, -0.2) is 4.98 Å². The smallest absolute Gasteiger partial charge is 0.255 e. The van der Waals surface area contributed by atoms with Crippen LogP contribution in [0.2, 0.25) is 0 Å². The standard InChI is InChI=1S/C23H22N4O3/c1-16(28)13-22(29)26-19-9-7-18(8-10-19)23(30)27-20-11-12-21(25-15-20)24-14-17-5-3-2-4-6-17/h2-12,15H,13-14H2,1H3,(H,24,25)(H,26,29)(H,27,30). The fraction of sp³-hybridized carbons (Fsp3) is 0.130. The van der Waals surface area contributed by atoms with Crippen LogP contribution in [0.5, 0.6) is 0 Å². The normalized spacial score (nSPS) is 10.2. The molecule has 3 aromatic rings. The highest BCUT2D eigenvalue weighted by atomic mass is 16.2. The van der Waals surface area contributed by atoms with Gasteiger partial charge in [0.1, 0.15) is 11.6 Å². The number of carbonyl (C=O) groups is 3. The van der Waals surface area contributed by atoms with Gasteiger partial charge in [0.05, 0.1) is 18.3 Å². The number of pyridine rings is 1. The number of hydrogen-bond donors (Lipinski definition) is 3. The van der Waals surface area contributed by atoms with Gasteiger partial charge in [-0.1, -0.05) is 30.3 Å². The topological polar surface area (TPSA) is 100 Å². The third-order valence-electron chi connectivity index (χ3n) is 4.18. The third kappa shape index (κ3) is 6.27. The zero-order valence-electron chi connectivity index (χ0n) is 16.5. The molecule has 0 saturated heterocycles. The Balaban J connectivity index is 1.52. The minimum absolute atomic E-state index is 0.175. The van der Waals surface area contributed by atoms with Crippen LogP contribution in [0.15, 0.2) is 72.9 Å². The van der Waals surface area contributed by atoms with E-state index in [0.29, 0.717) is 29.3 Å². The fourth-order valence-corrected chi connectivity index (χ4v) is 2.70. The highest BCUT2D eigenvalue weighted by Gasteiger charge is 2.09. The SMILES string of the molecule is CC(=O)CC(=O)Nc1ccc(C(=O)Nc2ccc(NCc3ccccc3)nc2)cc1. The summed E-state index contributed by atoms with van der Waals surface area (Å²) in [5.41, 5.74) is 2.68. The first-order valence-corrected chi connectivity index (χ1v) is 9.44. The lowest BCUT2D eigenvalue weighted by Gasteiger charge is -2.09. The van der Waals surface area contributed by atoms with Crippen molar-refractivity contribution in [1.82, 2.24) is 4.98 Å². The minimum atomic E-state index is -0.383. The maximum Gasteiger partial charge on any atom is 0.255 e. The first-order valence-electron chi connectivity index (χ1n) is 9.44. The van der Waals surface area contributed by atoms with E-state index in [-0.39, 0.29) is 24.0 Å². The number of amides is 2. The van der Waals surface area contributed by atoms with Crippen LogP contribution in [0.1, 0.15) is 29.3 Å². The van der Waals surface area contributed by atoms with Crippen molar-refractivity contribution in [2.75, 3.05) is 16.0 Å². The molecule has 0 saturated carbocycles. The summed E-state index contributed by atoms with van der Waals surface area (Å²) >= 11 is 0. The average Bonchev–Trinajstić information content (AvgIpc) is 2.74. The maximum atomic E-state index is 12.4. The van der Waals surface area contributed by atoms with Crippen molar-refractivity contribution in [3.05, 3.63) is 84.1 Å². The van der Waals surface area contributed by atoms with E-state index in [1.54, 1.807) is 42.6 Å². The summed E-state index contributed by atoms with van der Waals surface area (Å²) in [6.45, 7) is 2.02. The number of ketones is 1. The molecule has 2 aromatic carbocycles. The molecule has 7 heteroatoms. The molecule has 0 unspecified atom stereocenters. The monoisotopic (exact) mass is 402 g/mol. The van der Waals surface area contributed by atoms with Crippen LogP contribution in [-0.2, 0) is 16.1 Å². The Kier molecular flexibility index (Phi) is 6.89. The van der Waals surface area contributed by atoms with Gasteiger partial charge in [-0.3, -0.25) is 14.4 Å². The lowest BCUT2D eigenvalue weighted by atomic mass is 10.2. The van der Waals surface area contributed by atoms with E-state index in [1.165, 1.54) is 6.92 Å². The Hall–Kier alpha value is -4.00. The highest BCUT2D eigenvalue weighted by molar-refractivity contribution is 6.05. The number of nitrogens with zero attached hydrogens (tertiary/aromatic N) is 1. The van der Waals surface area contributed by atoms with Crippen LogP contribution in [0.25, 0.3) is 0 Å². The van der Waals surface area contributed by atoms with Gasteiger partial charge in [0.25, 0.3) is 5.91 Å². The van der Waals surface area contributed by atoms with Crippen molar-refractivity contribution in [3.8, 4) is 0 Å². The number of aromatic nitrogens is 1. The van der Waals surface area contributed by atoms with E-state index in [4.69, 9.17) is 0 Å². The lowest BCUT2D eigenvalue weighted by molar-refractivity contribution is -0.124. The predicted octanol–water partition coefficient (Wildman–Crippen LogP) is 3.86. The minimum Gasteiger partial charge on any atom is -0.366 e. The Labute approximate surface area is 174 Å². The largest absolute Gasteiger partial charge is 0.366 e. The Morgan fingerprint density at radius 3 is 2.17 bits per heavy atom. The first kappa shape index (κ1) is 20.7. The number of anilines is 3. The van der Waals surface area contributed by atoms with Crippen molar-refractivity contribution < 1.29 is 14.4 Å². The molecule has 3 N–H and O–H groups in total. The molecule has 0 atom stereocenters. The molecular formula is C23H22N4O3. The fourth-order valence-electron chi connectivity index (χ4n) is 2.70. The number of carbonyl (C=O) groups excluding carboxylic acids is 3. The second kappa shape index (κ2) is 9.97. The first-order chi connectivity index (χ1) is 14.5. The predicted molar refractivity (Wildman–Crippen MR) is 116 cm³/mol. The molecule has 0 aliphatic carbocycles. The van der Waals surface area contributed by atoms with Crippen LogP contribution in [0.4, 0.5) is 17.2 Å². The average molecular weight is 402 g/mol. The molecule has 0 bridgehead atoms. The quantitative estimate of drug-likeness (QED) is 0.497. The van der Waals surface area contributed by atoms with Crippen LogP contribution in [0.3, 0.4) is 0 Å². The van der Waals surface area contributed by atoms with Crippen LogP contribution >= 0.6 is 0 Å². The van der Waals surface area contributed by atoms with E-state index < -0.39 is 0 Å². The van der Waals surface area contributed by atoms with Crippen molar-refractivity contribution in [2.45, 2.75) is 19.9 Å². The number of hydrogen-bond acceptors (Lipinski definition) is 5. The molecule has 2 amide bonds. The highest BCUT2D eigenvalue weighted by Crippen LogP contribution is 2.14. The summed E-state index contributed by atoms with van der Waals surface area (Å²) in [7, 11) is 0. The van der Waals surface area contributed by atoms with Gasteiger partial charge in [0.15, 0.2) is 0 Å². The van der Waals surface area contributed by atoms with Crippen LogP contribution in [-0.4, -0.2) is 22.6 Å². The number of rotatable bonds is 8.